The number of amides is 1. The third-order valence-electron chi connectivity index (χ3n) is 4.43. The second kappa shape index (κ2) is 7.00. The Bertz CT molecular complexity index is 635. The van der Waals surface area contributed by atoms with E-state index in [2.05, 4.69) is 4.98 Å². The van der Waals surface area contributed by atoms with Gasteiger partial charge in [0.15, 0.2) is 0 Å². The second-order valence-corrected chi connectivity index (χ2v) is 6.19. The van der Waals surface area contributed by atoms with Crippen molar-refractivity contribution in [3.63, 3.8) is 0 Å². The SMILES string of the molecule is Cn1cnc(C(=O)N2CCCCC[C@@H]2C[C@H](O)c2ccco2)c1. The summed E-state index contributed by atoms with van der Waals surface area (Å²) in [6, 6.07) is 3.54. The van der Waals surface area contributed by atoms with E-state index in [1.165, 1.54) is 0 Å². The smallest absolute Gasteiger partial charge is 0.274 e. The lowest BCUT2D eigenvalue weighted by Crippen LogP contribution is -2.41. The van der Waals surface area contributed by atoms with Crippen LogP contribution in [-0.4, -0.2) is 38.1 Å². The fraction of sp³-hybridized carbons (Fsp3) is 0.529. The molecular formula is C17H23N3O3. The van der Waals surface area contributed by atoms with Crippen molar-refractivity contribution in [1.29, 1.82) is 0 Å². The number of nitrogens with zero attached hydrogens (tertiary/aromatic N) is 3. The summed E-state index contributed by atoms with van der Waals surface area (Å²) < 4.78 is 7.06. The number of rotatable bonds is 4. The van der Waals surface area contributed by atoms with Crippen LogP contribution >= 0.6 is 0 Å². The lowest BCUT2D eigenvalue weighted by atomic mass is 10.0. The zero-order valence-corrected chi connectivity index (χ0v) is 13.4. The number of hydrogen-bond acceptors (Lipinski definition) is 4. The number of aliphatic hydroxyl groups is 1. The molecule has 6 nitrogen and oxygen atoms in total. The van der Waals surface area contributed by atoms with Crippen LogP contribution < -0.4 is 0 Å². The Kier molecular flexibility index (Phi) is 4.81. The van der Waals surface area contributed by atoms with Gasteiger partial charge in [0.05, 0.1) is 12.6 Å². The average Bonchev–Trinajstić information content (AvgIpc) is 3.16. The summed E-state index contributed by atoms with van der Waals surface area (Å²) in [5.74, 6) is 0.503. The summed E-state index contributed by atoms with van der Waals surface area (Å²) in [6.45, 7) is 0.713. The van der Waals surface area contributed by atoms with Crippen LogP contribution in [0.15, 0.2) is 35.3 Å². The fourth-order valence-electron chi connectivity index (χ4n) is 3.21. The normalized spacial score (nSPS) is 20.3. The minimum Gasteiger partial charge on any atom is -0.467 e. The molecule has 3 heterocycles. The predicted octanol–water partition coefficient (Wildman–Crippen LogP) is 2.52. The van der Waals surface area contributed by atoms with Gasteiger partial charge in [-0.15, -0.1) is 0 Å². The maximum absolute atomic E-state index is 12.8. The Labute approximate surface area is 135 Å². The van der Waals surface area contributed by atoms with E-state index in [1.807, 2.05) is 11.9 Å². The van der Waals surface area contributed by atoms with E-state index in [4.69, 9.17) is 4.42 Å². The highest BCUT2D eigenvalue weighted by Crippen LogP contribution is 2.27. The molecule has 0 saturated carbocycles. The summed E-state index contributed by atoms with van der Waals surface area (Å²) in [6.07, 6.45) is 8.81. The largest absolute Gasteiger partial charge is 0.467 e. The second-order valence-electron chi connectivity index (χ2n) is 6.19. The molecule has 1 amide bonds. The summed E-state index contributed by atoms with van der Waals surface area (Å²) >= 11 is 0. The molecule has 1 fully saturated rings. The lowest BCUT2D eigenvalue weighted by Gasteiger charge is -2.30. The highest BCUT2D eigenvalue weighted by molar-refractivity contribution is 5.92. The van der Waals surface area contributed by atoms with E-state index in [-0.39, 0.29) is 11.9 Å². The molecule has 2 aromatic heterocycles. The van der Waals surface area contributed by atoms with Crippen molar-refractivity contribution in [2.24, 2.45) is 7.05 Å². The number of hydrogen-bond donors (Lipinski definition) is 1. The van der Waals surface area contributed by atoms with Crippen molar-refractivity contribution < 1.29 is 14.3 Å². The number of carbonyl (C=O) groups excluding carboxylic acids is 1. The standard InChI is InChI=1S/C17H23N3O3/c1-19-11-14(18-12-19)17(22)20-8-4-2-3-6-13(20)10-15(21)16-7-5-9-23-16/h5,7,9,11-13,15,21H,2-4,6,8,10H2,1H3/t13-,15+/m1/s1. The zero-order valence-electron chi connectivity index (χ0n) is 13.4. The molecule has 0 aliphatic carbocycles. The van der Waals surface area contributed by atoms with Crippen LogP contribution in [-0.2, 0) is 7.05 Å². The van der Waals surface area contributed by atoms with Crippen LogP contribution in [0.25, 0.3) is 0 Å². The monoisotopic (exact) mass is 317 g/mol. The van der Waals surface area contributed by atoms with E-state index < -0.39 is 6.10 Å². The van der Waals surface area contributed by atoms with Gasteiger partial charge < -0.3 is 19.0 Å². The molecule has 1 saturated heterocycles. The van der Waals surface area contributed by atoms with Crippen molar-refractivity contribution in [3.8, 4) is 0 Å². The highest BCUT2D eigenvalue weighted by Gasteiger charge is 2.30. The summed E-state index contributed by atoms with van der Waals surface area (Å²) in [7, 11) is 1.85. The maximum atomic E-state index is 12.8. The number of imidazole rings is 1. The van der Waals surface area contributed by atoms with Crippen LogP contribution in [0.2, 0.25) is 0 Å². The Balaban J connectivity index is 1.75. The van der Waals surface area contributed by atoms with Gasteiger partial charge in [-0.2, -0.15) is 0 Å². The van der Waals surface area contributed by atoms with Crippen LogP contribution in [0.4, 0.5) is 0 Å². The van der Waals surface area contributed by atoms with E-state index in [0.717, 1.165) is 25.7 Å². The maximum Gasteiger partial charge on any atom is 0.274 e. The number of aliphatic hydroxyl groups excluding tert-OH is 1. The molecule has 0 radical (unpaired) electrons. The first-order chi connectivity index (χ1) is 11.1. The van der Waals surface area contributed by atoms with E-state index >= 15 is 0 Å². The van der Waals surface area contributed by atoms with Gasteiger partial charge in [0.1, 0.15) is 17.6 Å². The molecule has 1 aliphatic rings. The van der Waals surface area contributed by atoms with Crippen molar-refractivity contribution >= 4 is 5.91 Å². The minimum absolute atomic E-state index is 0.00658. The molecule has 1 N–H and O–H groups in total. The van der Waals surface area contributed by atoms with E-state index in [1.54, 1.807) is 35.5 Å². The van der Waals surface area contributed by atoms with Gasteiger partial charge in [-0.25, -0.2) is 4.98 Å². The Hall–Kier alpha value is -2.08. The number of aryl methyl sites for hydroxylation is 1. The highest BCUT2D eigenvalue weighted by atomic mass is 16.4. The first-order valence-corrected chi connectivity index (χ1v) is 8.15. The molecule has 6 heteroatoms. The fourth-order valence-corrected chi connectivity index (χ4v) is 3.21. The van der Waals surface area contributed by atoms with Crippen molar-refractivity contribution in [1.82, 2.24) is 14.5 Å². The first-order valence-electron chi connectivity index (χ1n) is 8.15. The van der Waals surface area contributed by atoms with Gasteiger partial charge in [-0.1, -0.05) is 12.8 Å². The van der Waals surface area contributed by atoms with Crippen molar-refractivity contribution in [2.75, 3.05) is 6.54 Å². The first kappa shape index (κ1) is 15.8. The quantitative estimate of drug-likeness (QED) is 0.940. The van der Waals surface area contributed by atoms with Crippen molar-refractivity contribution in [2.45, 2.75) is 44.2 Å². The van der Waals surface area contributed by atoms with E-state index in [0.29, 0.717) is 24.4 Å². The Morgan fingerprint density at radius 1 is 1.48 bits per heavy atom. The molecule has 0 aromatic carbocycles. The lowest BCUT2D eigenvalue weighted by molar-refractivity contribution is 0.0552. The van der Waals surface area contributed by atoms with E-state index in [9.17, 15) is 9.90 Å². The molecule has 2 atom stereocenters. The third kappa shape index (κ3) is 3.64. The Morgan fingerprint density at radius 2 is 2.35 bits per heavy atom. The van der Waals surface area contributed by atoms with Crippen LogP contribution in [0.5, 0.6) is 0 Å². The average molecular weight is 317 g/mol. The van der Waals surface area contributed by atoms with Gasteiger partial charge in [0.25, 0.3) is 5.91 Å². The number of likely N-dealkylation sites (tertiary alicyclic amines) is 1. The molecular weight excluding hydrogens is 294 g/mol. The van der Waals surface area contributed by atoms with Crippen LogP contribution in [0.1, 0.15) is 54.5 Å². The predicted molar refractivity (Wildman–Crippen MR) is 84.8 cm³/mol. The van der Waals surface area contributed by atoms with Gasteiger partial charge in [0, 0.05) is 32.3 Å². The summed E-state index contributed by atoms with van der Waals surface area (Å²) in [5.41, 5.74) is 0.465. The molecule has 0 unspecified atom stereocenters. The summed E-state index contributed by atoms with van der Waals surface area (Å²) in [4.78, 5) is 18.8. The van der Waals surface area contributed by atoms with Crippen LogP contribution in [0.3, 0.4) is 0 Å². The number of aromatic nitrogens is 2. The zero-order chi connectivity index (χ0) is 16.2. The topological polar surface area (TPSA) is 71.5 Å². The Morgan fingerprint density at radius 3 is 3.04 bits per heavy atom. The molecule has 0 bridgehead atoms. The molecule has 2 aromatic rings. The molecule has 0 spiro atoms. The molecule has 23 heavy (non-hydrogen) atoms. The van der Waals surface area contributed by atoms with Gasteiger partial charge in [-0.3, -0.25) is 4.79 Å². The molecule has 1 aliphatic heterocycles. The molecule has 3 rings (SSSR count). The minimum atomic E-state index is -0.688. The molecule has 124 valence electrons. The third-order valence-corrected chi connectivity index (χ3v) is 4.43. The summed E-state index contributed by atoms with van der Waals surface area (Å²) in [5, 5.41) is 10.4. The van der Waals surface area contributed by atoms with Gasteiger partial charge in [0.2, 0.25) is 0 Å². The number of furan rings is 1. The van der Waals surface area contributed by atoms with Gasteiger partial charge in [-0.05, 0) is 25.0 Å². The van der Waals surface area contributed by atoms with Crippen molar-refractivity contribution in [3.05, 3.63) is 42.4 Å². The number of carbonyl (C=O) groups is 1. The van der Waals surface area contributed by atoms with Crippen LogP contribution in [0, 0.1) is 0 Å². The van der Waals surface area contributed by atoms with Gasteiger partial charge >= 0.3 is 0 Å².